The number of aryl methyl sites for hydroxylation is 2. The number of hydrogen-bond acceptors (Lipinski definition) is 5. The maximum absolute atomic E-state index is 11.8. The Morgan fingerprint density at radius 3 is 2.79 bits per heavy atom. The Bertz CT molecular complexity index is 619. The standard InChI is InChI=1S/C13H16N4O2/c1-4-19-13(18)10-5-6-15-12(11(10)14)17-9(3)7-8(2)16-17/h5-7H,4,14H2,1-3H3. The van der Waals surface area contributed by atoms with Crippen LogP contribution in [-0.4, -0.2) is 27.3 Å². The van der Waals surface area contributed by atoms with Gasteiger partial charge in [0.05, 0.1) is 23.6 Å². The Morgan fingerprint density at radius 2 is 2.21 bits per heavy atom. The van der Waals surface area contributed by atoms with Crippen molar-refractivity contribution in [2.24, 2.45) is 0 Å². The van der Waals surface area contributed by atoms with Gasteiger partial charge in [0.25, 0.3) is 0 Å². The monoisotopic (exact) mass is 260 g/mol. The molecule has 0 aliphatic carbocycles. The number of nitrogens with zero attached hydrogens (tertiary/aromatic N) is 3. The highest BCUT2D eigenvalue weighted by Gasteiger charge is 2.17. The summed E-state index contributed by atoms with van der Waals surface area (Å²) in [4.78, 5) is 16.0. The number of ether oxygens (including phenoxy) is 1. The van der Waals surface area contributed by atoms with E-state index in [0.717, 1.165) is 11.4 Å². The van der Waals surface area contributed by atoms with E-state index in [-0.39, 0.29) is 5.69 Å². The molecule has 2 aromatic heterocycles. The van der Waals surface area contributed by atoms with E-state index in [4.69, 9.17) is 10.5 Å². The summed E-state index contributed by atoms with van der Waals surface area (Å²) in [5, 5.41) is 4.31. The summed E-state index contributed by atoms with van der Waals surface area (Å²) in [5.41, 5.74) is 8.34. The minimum Gasteiger partial charge on any atom is -0.462 e. The molecule has 2 heterocycles. The van der Waals surface area contributed by atoms with Gasteiger partial charge in [0.2, 0.25) is 0 Å². The van der Waals surface area contributed by atoms with Gasteiger partial charge in [-0.3, -0.25) is 0 Å². The SMILES string of the molecule is CCOC(=O)c1ccnc(-n2nc(C)cc2C)c1N. The van der Waals surface area contributed by atoms with Gasteiger partial charge in [-0.25, -0.2) is 14.5 Å². The number of anilines is 1. The van der Waals surface area contributed by atoms with Gasteiger partial charge < -0.3 is 10.5 Å². The van der Waals surface area contributed by atoms with Gasteiger partial charge in [-0.05, 0) is 32.9 Å². The number of nitrogens with two attached hydrogens (primary N) is 1. The van der Waals surface area contributed by atoms with E-state index < -0.39 is 5.97 Å². The number of pyridine rings is 1. The number of carbonyl (C=O) groups excluding carboxylic acids is 1. The Kier molecular flexibility index (Phi) is 3.50. The molecule has 0 aliphatic rings. The van der Waals surface area contributed by atoms with E-state index in [9.17, 15) is 4.79 Å². The minimum absolute atomic E-state index is 0.271. The van der Waals surface area contributed by atoms with Crippen LogP contribution in [-0.2, 0) is 4.74 Å². The Balaban J connectivity index is 2.51. The fourth-order valence-electron chi connectivity index (χ4n) is 1.86. The van der Waals surface area contributed by atoms with E-state index >= 15 is 0 Å². The first-order chi connectivity index (χ1) is 9.04. The molecule has 0 atom stereocenters. The molecular formula is C13H16N4O2. The highest BCUT2D eigenvalue weighted by atomic mass is 16.5. The van der Waals surface area contributed by atoms with E-state index in [0.29, 0.717) is 18.0 Å². The van der Waals surface area contributed by atoms with Crippen LogP contribution in [0.25, 0.3) is 5.82 Å². The van der Waals surface area contributed by atoms with E-state index in [1.165, 1.54) is 6.20 Å². The summed E-state index contributed by atoms with van der Waals surface area (Å²) >= 11 is 0. The molecular weight excluding hydrogens is 244 g/mol. The quantitative estimate of drug-likeness (QED) is 0.848. The summed E-state index contributed by atoms with van der Waals surface area (Å²) in [7, 11) is 0. The van der Waals surface area contributed by atoms with Crippen LogP contribution < -0.4 is 5.73 Å². The molecule has 2 aromatic rings. The van der Waals surface area contributed by atoms with Crippen LogP contribution >= 0.6 is 0 Å². The van der Waals surface area contributed by atoms with E-state index in [1.54, 1.807) is 17.7 Å². The Labute approximate surface area is 111 Å². The number of aromatic nitrogens is 3. The molecule has 0 saturated carbocycles. The van der Waals surface area contributed by atoms with Gasteiger partial charge in [0.1, 0.15) is 0 Å². The number of rotatable bonds is 3. The molecule has 0 aromatic carbocycles. The molecule has 0 amide bonds. The molecule has 2 N–H and O–H groups in total. The lowest BCUT2D eigenvalue weighted by Gasteiger charge is -2.10. The van der Waals surface area contributed by atoms with Crippen LogP contribution in [0.2, 0.25) is 0 Å². The molecule has 0 aliphatic heterocycles. The topological polar surface area (TPSA) is 83.0 Å². The lowest BCUT2D eigenvalue weighted by atomic mass is 10.2. The molecule has 6 nitrogen and oxygen atoms in total. The molecule has 0 bridgehead atoms. The average molecular weight is 260 g/mol. The van der Waals surface area contributed by atoms with Crippen molar-refractivity contribution in [2.75, 3.05) is 12.3 Å². The van der Waals surface area contributed by atoms with Crippen molar-refractivity contribution < 1.29 is 9.53 Å². The summed E-state index contributed by atoms with van der Waals surface area (Å²) in [6.07, 6.45) is 1.52. The first kappa shape index (κ1) is 13.1. The first-order valence-corrected chi connectivity index (χ1v) is 5.99. The molecule has 2 rings (SSSR count). The highest BCUT2D eigenvalue weighted by molar-refractivity contribution is 5.96. The highest BCUT2D eigenvalue weighted by Crippen LogP contribution is 2.21. The molecule has 0 unspecified atom stereocenters. The normalized spacial score (nSPS) is 10.5. The smallest absolute Gasteiger partial charge is 0.340 e. The summed E-state index contributed by atoms with van der Waals surface area (Å²) < 4.78 is 6.58. The minimum atomic E-state index is -0.454. The van der Waals surface area contributed by atoms with Crippen LogP contribution in [0, 0.1) is 13.8 Å². The van der Waals surface area contributed by atoms with Gasteiger partial charge in [0, 0.05) is 11.9 Å². The van der Waals surface area contributed by atoms with E-state index in [2.05, 4.69) is 10.1 Å². The Hall–Kier alpha value is -2.37. The van der Waals surface area contributed by atoms with Crippen molar-refractivity contribution in [2.45, 2.75) is 20.8 Å². The summed E-state index contributed by atoms with van der Waals surface area (Å²) in [6, 6.07) is 3.46. The summed E-state index contributed by atoms with van der Waals surface area (Å²) in [5.74, 6) is -0.0127. The van der Waals surface area contributed by atoms with E-state index in [1.807, 2.05) is 19.9 Å². The maximum atomic E-state index is 11.8. The van der Waals surface area contributed by atoms with Gasteiger partial charge in [-0.1, -0.05) is 0 Å². The molecule has 6 heteroatoms. The number of hydrogen-bond donors (Lipinski definition) is 1. The van der Waals surface area contributed by atoms with Crippen molar-refractivity contribution in [3.8, 4) is 5.82 Å². The van der Waals surface area contributed by atoms with Gasteiger partial charge in [0.15, 0.2) is 5.82 Å². The number of nitrogen functional groups attached to an aromatic ring is 1. The fraction of sp³-hybridized carbons (Fsp3) is 0.308. The van der Waals surface area contributed by atoms with Crippen molar-refractivity contribution in [1.29, 1.82) is 0 Å². The fourth-order valence-corrected chi connectivity index (χ4v) is 1.86. The second kappa shape index (κ2) is 5.09. The molecule has 0 spiro atoms. The third-order valence-electron chi connectivity index (χ3n) is 2.67. The van der Waals surface area contributed by atoms with Crippen LogP contribution in [0.3, 0.4) is 0 Å². The maximum Gasteiger partial charge on any atom is 0.340 e. The average Bonchev–Trinajstić information content (AvgIpc) is 2.69. The Morgan fingerprint density at radius 1 is 1.47 bits per heavy atom. The van der Waals surface area contributed by atoms with Crippen molar-refractivity contribution in [3.05, 3.63) is 35.3 Å². The molecule has 0 saturated heterocycles. The largest absolute Gasteiger partial charge is 0.462 e. The zero-order chi connectivity index (χ0) is 14.0. The third kappa shape index (κ3) is 2.42. The van der Waals surface area contributed by atoms with Gasteiger partial charge in [-0.2, -0.15) is 5.10 Å². The first-order valence-electron chi connectivity index (χ1n) is 5.99. The molecule has 100 valence electrons. The number of carbonyl (C=O) groups is 1. The van der Waals surface area contributed by atoms with Crippen LogP contribution in [0.4, 0.5) is 5.69 Å². The number of esters is 1. The van der Waals surface area contributed by atoms with Crippen molar-refractivity contribution >= 4 is 11.7 Å². The molecule has 19 heavy (non-hydrogen) atoms. The zero-order valence-electron chi connectivity index (χ0n) is 11.2. The van der Waals surface area contributed by atoms with Gasteiger partial charge in [-0.15, -0.1) is 0 Å². The third-order valence-corrected chi connectivity index (χ3v) is 2.67. The van der Waals surface area contributed by atoms with Crippen LogP contribution in [0.5, 0.6) is 0 Å². The van der Waals surface area contributed by atoms with Crippen LogP contribution in [0.15, 0.2) is 18.3 Å². The molecule has 0 fully saturated rings. The lowest BCUT2D eigenvalue weighted by Crippen LogP contribution is -2.13. The predicted octanol–water partition coefficient (Wildman–Crippen LogP) is 1.64. The lowest BCUT2D eigenvalue weighted by molar-refractivity contribution is 0.0527. The van der Waals surface area contributed by atoms with Crippen molar-refractivity contribution in [3.63, 3.8) is 0 Å². The predicted molar refractivity (Wildman–Crippen MR) is 71.2 cm³/mol. The molecule has 0 radical (unpaired) electrons. The summed E-state index contributed by atoms with van der Waals surface area (Å²) in [6.45, 7) is 5.83. The van der Waals surface area contributed by atoms with Crippen LogP contribution in [0.1, 0.15) is 28.7 Å². The second-order valence-corrected chi connectivity index (χ2v) is 4.16. The zero-order valence-corrected chi connectivity index (χ0v) is 11.2. The van der Waals surface area contributed by atoms with Crippen molar-refractivity contribution in [1.82, 2.24) is 14.8 Å². The van der Waals surface area contributed by atoms with Gasteiger partial charge >= 0.3 is 5.97 Å². The second-order valence-electron chi connectivity index (χ2n) is 4.16.